The summed E-state index contributed by atoms with van der Waals surface area (Å²) in [4.78, 5) is 0. The van der Waals surface area contributed by atoms with Crippen LogP contribution in [0.25, 0.3) is 0 Å². The van der Waals surface area contributed by atoms with Gasteiger partial charge in [-0.2, -0.15) is 0 Å². The van der Waals surface area contributed by atoms with Gasteiger partial charge in [0.25, 0.3) is 0 Å². The van der Waals surface area contributed by atoms with Crippen LogP contribution >= 0.6 is 15.9 Å². The van der Waals surface area contributed by atoms with E-state index in [0.717, 1.165) is 36.0 Å². The average Bonchev–Trinajstić information content (AvgIpc) is 2.17. The van der Waals surface area contributed by atoms with Crippen LogP contribution in [0, 0.1) is 6.92 Å². The van der Waals surface area contributed by atoms with Crippen LogP contribution in [0.3, 0.4) is 0 Å². The molecule has 1 aromatic carbocycles. The molecular formula is C12H18BrNO. The van der Waals surface area contributed by atoms with Crippen LogP contribution < -0.4 is 10.5 Å². The highest BCUT2D eigenvalue weighted by atomic mass is 79.9. The third-order valence-electron chi connectivity index (χ3n) is 2.42. The summed E-state index contributed by atoms with van der Waals surface area (Å²) in [5.74, 6) is 1.01. The highest BCUT2D eigenvalue weighted by Gasteiger charge is 2.07. The lowest BCUT2D eigenvalue weighted by Gasteiger charge is -2.12. The van der Waals surface area contributed by atoms with E-state index >= 15 is 0 Å². The number of halogens is 1. The van der Waals surface area contributed by atoms with Crippen LogP contribution in [0.1, 0.15) is 24.0 Å². The normalized spacial score (nSPS) is 10.4. The Bertz CT molecular complexity index is 326. The van der Waals surface area contributed by atoms with Crippen molar-refractivity contribution in [3.63, 3.8) is 0 Å². The van der Waals surface area contributed by atoms with Gasteiger partial charge < -0.3 is 10.5 Å². The highest BCUT2D eigenvalue weighted by Crippen LogP contribution is 2.28. The Morgan fingerprint density at radius 1 is 1.33 bits per heavy atom. The fourth-order valence-electron chi connectivity index (χ4n) is 1.74. The van der Waals surface area contributed by atoms with E-state index in [1.807, 2.05) is 0 Å². The van der Waals surface area contributed by atoms with Gasteiger partial charge in [0.1, 0.15) is 5.75 Å². The van der Waals surface area contributed by atoms with Gasteiger partial charge in [0.05, 0.1) is 7.11 Å². The second-order valence-electron chi connectivity index (χ2n) is 3.66. The number of ether oxygens (including phenoxy) is 1. The molecule has 0 saturated carbocycles. The van der Waals surface area contributed by atoms with E-state index in [1.54, 1.807) is 7.11 Å². The molecule has 0 spiro atoms. The molecule has 0 fully saturated rings. The lowest BCUT2D eigenvalue weighted by Crippen LogP contribution is -2.00. The summed E-state index contributed by atoms with van der Waals surface area (Å²) < 4.78 is 6.52. The summed E-state index contributed by atoms with van der Waals surface area (Å²) in [6.07, 6.45) is 3.21. The van der Waals surface area contributed by atoms with Gasteiger partial charge >= 0.3 is 0 Å². The minimum Gasteiger partial charge on any atom is -0.496 e. The van der Waals surface area contributed by atoms with Gasteiger partial charge in [0.2, 0.25) is 0 Å². The second kappa shape index (κ2) is 6.13. The molecule has 3 heteroatoms. The fourth-order valence-corrected chi connectivity index (χ4v) is 2.36. The van der Waals surface area contributed by atoms with Crippen LogP contribution in [0.5, 0.6) is 5.75 Å². The van der Waals surface area contributed by atoms with E-state index in [0.29, 0.717) is 0 Å². The van der Waals surface area contributed by atoms with Crippen LogP contribution in [0.15, 0.2) is 16.6 Å². The van der Waals surface area contributed by atoms with E-state index in [9.17, 15) is 0 Å². The third-order valence-corrected chi connectivity index (χ3v) is 2.88. The Hall–Kier alpha value is -0.540. The summed E-state index contributed by atoms with van der Waals surface area (Å²) in [6.45, 7) is 2.82. The van der Waals surface area contributed by atoms with E-state index in [4.69, 9.17) is 10.5 Å². The average molecular weight is 272 g/mol. The van der Waals surface area contributed by atoms with Gasteiger partial charge in [-0.1, -0.05) is 15.9 Å². The molecule has 0 aromatic heterocycles. The summed E-state index contributed by atoms with van der Waals surface area (Å²) in [6, 6.07) is 4.20. The van der Waals surface area contributed by atoms with Crippen LogP contribution in [-0.2, 0) is 6.42 Å². The van der Waals surface area contributed by atoms with Crippen LogP contribution in [-0.4, -0.2) is 13.7 Å². The van der Waals surface area contributed by atoms with Gasteiger partial charge in [-0.25, -0.2) is 0 Å². The van der Waals surface area contributed by atoms with Crippen molar-refractivity contribution >= 4 is 15.9 Å². The van der Waals surface area contributed by atoms with E-state index < -0.39 is 0 Å². The Kier molecular flexibility index (Phi) is 5.12. The largest absolute Gasteiger partial charge is 0.496 e. The number of unbranched alkanes of at least 4 members (excludes halogenated alkanes) is 1. The SMILES string of the molecule is COc1c(C)cc(Br)cc1CCCCN. The Morgan fingerprint density at radius 3 is 2.67 bits per heavy atom. The molecule has 0 amide bonds. The first-order chi connectivity index (χ1) is 7.19. The zero-order valence-corrected chi connectivity index (χ0v) is 10.9. The summed E-state index contributed by atoms with van der Waals surface area (Å²) in [5.41, 5.74) is 7.92. The van der Waals surface area contributed by atoms with E-state index in [2.05, 4.69) is 35.0 Å². The standard InChI is InChI=1S/C12H18BrNO/c1-9-7-11(13)8-10(12(9)15-2)5-3-4-6-14/h7-8H,3-6,14H2,1-2H3. The number of aryl methyl sites for hydroxylation is 2. The summed E-state index contributed by atoms with van der Waals surface area (Å²) >= 11 is 3.51. The number of hydrogen-bond donors (Lipinski definition) is 1. The molecule has 2 N–H and O–H groups in total. The third kappa shape index (κ3) is 3.50. The molecule has 0 aliphatic carbocycles. The van der Waals surface area contributed by atoms with Crippen molar-refractivity contribution in [2.75, 3.05) is 13.7 Å². The van der Waals surface area contributed by atoms with Crippen LogP contribution in [0.4, 0.5) is 0 Å². The molecule has 0 aliphatic heterocycles. The number of rotatable bonds is 5. The number of nitrogens with two attached hydrogens (primary N) is 1. The van der Waals surface area contributed by atoms with Gasteiger partial charge in [-0.05, 0) is 56.0 Å². The Balaban J connectivity index is 2.84. The fraction of sp³-hybridized carbons (Fsp3) is 0.500. The molecule has 0 bridgehead atoms. The molecule has 84 valence electrons. The van der Waals surface area contributed by atoms with Gasteiger partial charge in [-0.15, -0.1) is 0 Å². The van der Waals surface area contributed by atoms with Crippen molar-refractivity contribution in [2.45, 2.75) is 26.2 Å². The monoisotopic (exact) mass is 271 g/mol. The van der Waals surface area contributed by atoms with Crippen molar-refractivity contribution in [3.05, 3.63) is 27.7 Å². The van der Waals surface area contributed by atoms with Gasteiger partial charge in [0, 0.05) is 4.47 Å². The molecule has 0 saturated heterocycles. The maximum Gasteiger partial charge on any atom is 0.125 e. The molecule has 1 rings (SSSR count). The molecule has 1 aromatic rings. The zero-order chi connectivity index (χ0) is 11.3. The smallest absolute Gasteiger partial charge is 0.125 e. The van der Waals surface area contributed by atoms with Crippen LogP contribution in [0.2, 0.25) is 0 Å². The number of benzene rings is 1. The predicted molar refractivity (Wildman–Crippen MR) is 67.4 cm³/mol. The number of hydrogen-bond acceptors (Lipinski definition) is 2. The first-order valence-electron chi connectivity index (χ1n) is 5.22. The molecule has 15 heavy (non-hydrogen) atoms. The number of methoxy groups -OCH3 is 1. The van der Waals surface area contributed by atoms with Crippen molar-refractivity contribution in [3.8, 4) is 5.75 Å². The minimum absolute atomic E-state index is 0.759. The molecule has 0 radical (unpaired) electrons. The lowest BCUT2D eigenvalue weighted by atomic mass is 10.0. The van der Waals surface area contributed by atoms with Crippen molar-refractivity contribution in [2.24, 2.45) is 5.73 Å². The zero-order valence-electron chi connectivity index (χ0n) is 9.35. The molecule has 0 aliphatic rings. The van der Waals surface area contributed by atoms with Gasteiger partial charge in [0.15, 0.2) is 0 Å². The van der Waals surface area contributed by atoms with E-state index in [1.165, 1.54) is 11.1 Å². The first-order valence-corrected chi connectivity index (χ1v) is 6.01. The van der Waals surface area contributed by atoms with Crippen molar-refractivity contribution in [1.29, 1.82) is 0 Å². The second-order valence-corrected chi connectivity index (χ2v) is 4.58. The molecule has 2 nitrogen and oxygen atoms in total. The topological polar surface area (TPSA) is 35.2 Å². The molecule has 0 atom stereocenters. The summed E-state index contributed by atoms with van der Waals surface area (Å²) in [5, 5.41) is 0. The summed E-state index contributed by atoms with van der Waals surface area (Å²) in [7, 11) is 1.72. The molecular weight excluding hydrogens is 254 g/mol. The van der Waals surface area contributed by atoms with Crippen molar-refractivity contribution < 1.29 is 4.74 Å². The Morgan fingerprint density at radius 2 is 2.07 bits per heavy atom. The quantitative estimate of drug-likeness (QED) is 0.836. The van der Waals surface area contributed by atoms with Crippen molar-refractivity contribution in [1.82, 2.24) is 0 Å². The minimum atomic E-state index is 0.759. The maximum absolute atomic E-state index is 5.48. The highest BCUT2D eigenvalue weighted by molar-refractivity contribution is 9.10. The van der Waals surface area contributed by atoms with Gasteiger partial charge in [-0.3, -0.25) is 0 Å². The molecule has 0 heterocycles. The maximum atomic E-state index is 5.48. The lowest BCUT2D eigenvalue weighted by molar-refractivity contribution is 0.405. The first kappa shape index (κ1) is 12.5. The Labute approximate surface area is 99.9 Å². The van der Waals surface area contributed by atoms with E-state index in [-0.39, 0.29) is 0 Å². The predicted octanol–water partition coefficient (Wildman–Crippen LogP) is 3.05. The molecule has 0 unspecified atom stereocenters.